The first kappa shape index (κ1) is 15.1. The summed E-state index contributed by atoms with van der Waals surface area (Å²) in [5, 5.41) is 4.40. The molecule has 1 aromatic rings. The van der Waals surface area contributed by atoms with E-state index in [1.54, 1.807) is 0 Å². The van der Waals surface area contributed by atoms with Crippen LogP contribution >= 0.6 is 27.5 Å². The summed E-state index contributed by atoms with van der Waals surface area (Å²) in [7, 11) is 0. The largest absolute Gasteiger partial charge is 0.381 e. The summed E-state index contributed by atoms with van der Waals surface area (Å²) >= 11 is 9.80. The maximum absolute atomic E-state index is 6.20. The fourth-order valence-electron chi connectivity index (χ4n) is 2.48. The van der Waals surface area contributed by atoms with Gasteiger partial charge in [-0.2, -0.15) is 0 Å². The molecule has 4 heteroatoms. The van der Waals surface area contributed by atoms with Crippen molar-refractivity contribution in [3.05, 3.63) is 27.2 Å². The van der Waals surface area contributed by atoms with Gasteiger partial charge < -0.3 is 10.1 Å². The molecule has 0 aromatic heterocycles. The zero-order valence-electron chi connectivity index (χ0n) is 11.7. The van der Waals surface area contributed by atoms with Crippen LogP contribution in [0.2, 0.25) is 5.02 Å². The average Bonchev–Trinajstić information content (AvgIpc) is 2.36. The van der Waals surface area contributed by atoms with Crippen molar-refractivity contribution in [2.45, 2.75) is 51.7 Å². The minimum absolute atomic E-state index is 0.00309. The van der Waals surface area contributed by atoms with Gasteiger partial charge in [0.25, 0.3) is 0 Å². The first-order valence-electron chi connectivity index (χ1n) is 6.79. The molecule has 0 radical (unpaired) electrons. The van der Waals surface area contributed by atoms with Crippen LogP contribution < -0.4 is 5.32 Å². The molecule has 1 aromatic carbocycles. The van der Waals surface area contributed by atoms with E-state index in [2.05, 4.69) is 41.2 Å². The third-order valence-electron chi connectivity index (χ3n) is 3.95. The van der Waals surface area contributed by atoms with Gasteiger partial charge in [-0.25, -0.2) is 0 Å². The summed E-state index contributed by atoms with van der Waals surface area (Å²) < 4.78 is 6.95. The zero-order valence-corrected chi connectivity index (χ0v) is 14.1. The summed E-state index contributed by atoms with van der Waals surface area (Å²) in [4.78, 5) is 0. The number of benzene rings is 1. The second kappa shape index (κ2) is 6.02. The van der Waals surface area contributed by atoms with Crippen molar-refractivity contribution in [2.75, 3.05) is 11.9 Å². The van der Waals surface area contributed by atoms with Crippen molar-refractivity contribution in [1.82, 2.24) is 0 Å². The van der Waals surface area contributed by atoms with E-state index in [4.69, 9.17) is 16.3 Å². The Morgan fingerprint density at radius 3 is 2.95 bits per heavy atom. The molecular weight excluding hydrogens is 326 g/mol. The number of hydrogen-bond acceptors (Lipinski definition) is 2. The van der Waals surface area contributed by atoms with Crippen LogP contribution in [0.25, 0.3) is 0 Å². The summed E-state index contributed by atoms with van der Waals surface area (Å²) in [5.41, 5.74) is 2.15. The molecule has 1 aliphatic heterocycles. The van der Waals surface area contributed by atoms with Crippen LogP contribution in [0.5, 0.6) is 0 Å². The minimum atomic E-state index is -0.00309. The molecule has 0 bridgehead atoms. The predicted molar refractivity (Wildman–Crippen MR) is 85.2 cm³/mol. The van der Waals surface area contributed by atoms with Crippen molar-refractivity contribution >= 4 is 33.2 Å². The average molecular weight is 347 g/mol. The van der Waals surface area contributed by atoms with Crippen LogP contribution in [0.3, 0.4) is 0 Å². The highest BCUT2D eigenvalue weighted by molar-refractivity contribution is 9.10. The van der Waals surface area contributed by atoms with Gasteiger partial charge in [0.2, 0.25) is 0 Å². The molecule has 2 rings (SSSR count). The molecule has 19 heavy (non-hydrogen) atoms. The molecule has 0 saturated carbocycles. The maximum atomic E-state index is 6.20. The lowest BCUT2D eigenvalue weighted by atomic mass is 9.90. The summed E-state index contributed by atoms with van der Waals surface area (Å²) in [6.45, 7) is 7.21. The molecule has 0 amide bonds. The van der Waals surface area contributed by atoms with Gasteiger partial charge in [0, 0.05) is 22.1 Å². The smallest absolute Gasteiger partial charge is 0.0671 e. The second-order valence-corrected chi connectivity index (χ2v) is 6.83. The van der Waals surface area contributed by atoms with E-state index in [-0.39, 0.29) is 5.60 Å². The Morgan fingerprint density at radius 1 is 1.53 bits per heavy atom. The van der Waals surface area contributed by atoms with Crippen molar-refractivity contribution in [2.24, 2.45) is 0 Å². The van der Waals surface area contributed by atoms with E-state index in [0.29, 0.717) is 6.04 Å². The Morgan fingerprint density at radius 2 is 2.26 bits per heavy atom. The van der Waals surface area contributed by atoms with E-state index in [9.17, 15) is 0 Å². The van der Waals surface area contributed by atoms with Crippen LogP contribution in [0.1, 0.15) is 38.7 Å². The highest BCUT2D eigenvalue weighted by Crippen LogP contribution is 2.33. The summed E-state index contributed by atoms with van der Waals surface area (Å²) in [6, 6.07) is 4.50. The van der Waals surface area contributed by atoms with Crippen LogP contribution in [0, 0.1) is 6.92 Å². The molecular formula is C15H21BrClNO. The highest BCUT2D eigenvalue weighted by atomic mass is 79.9. The van der Waals surface area contributed by atoms with Crippen molar-refractivity contribution in [3.8, 4) is 0 Å². The van der Waals surface area contributed by atoms with Gasteiger partial charge in [-0.15, -0.1) is 0 Å². The number of ether oxygens (including phenoxy) is 1. The van der Waals surface area contributed by atoms with E-state index >= 15 is 0 Å². The minimum Gasteiger partial charge on any atom is -0.381 e. The Labute approximate surface area is 129 Å². The number of nitrogens with one attached hydrogen (secondary N) is 1. The predicted octanol–water partition coefficient (Wildman–Crippen LogP) is 5.17. The molecule has 2 atom stereocenters. The molecule has 2 unspecified atom stereocenters. The lowest BCUT2D eigenvalue weighted by molar-refractivity contribution is -0.0708. The molecule has 2 nitrogen and oxygen atoms in total. The molecule has 1 fully saturated rings. The number of rotatable bonds is 3. The van der Waals surface area contributed by atoms with E-state index in [0.717, 1.165) is 46.6 Å². The second-order valence-electron chi connectivity index (χ2n) is 5.57. The molecule has 106 valence electrons. The molecule has 0 aliphatic carbocycles. The Balaban J connectivity index is 2.11. The quantitative estimate of drug-likeness (QED) is 0.815. The van der Waals surface area contributed by atoms with Gasteiger partial charge in [-0.05, 0) is 66.7 Å². The molecule has 1 N–H and O–H groups in total. The fourth-order valence-corrected chi connectivity index (χ4v) is 3.21. The Bertz CT molecular complexity index is 466. The van der Waals surface area contributed by atoms with Crippen molar-refractivity contribution in [1.29, 1.82) is 0 Å². The third kappa shape index (κ3) is 3.65. The monoisotopic (exact) mass is 345 g/mol. The Kier molecular flexibility index (Phi) is 4.80. The molecule has 0 spiro atoms. The molecule has 1 heterocycles. The SMILES string of the molecule is CCC1(C)CC(Nc2cc(Cl)c(C)cc2Br)CCO1. The third-order valence-corrected chi connectivity index (χ3v) is 5.01. The van der Waals surface area contributed by atoms with Gasteiger partial charge in [0.1, 0.15) is 0 Å². The fraction of sp³-hybridized carbons (Fsp3) is 0.600. The topological polar surface area (TPSA) is 21.3 Å². The van der Waals surface area contributed by atoms with Crippen molar-refractivity contribution in [3.63, 3.8) is 0 Å². The lowest BCUT2D eigenvalue weighted by Gasteiger charge is -2.38. The number of aryl methyl sites for hydroxylation is 1. The number of anilines is 1. The van der Waals surface area contributed by atoms with Gasteiger partial charge >= 0.3 is 0 Å². The van der Waals surface area contributed by atoms with Crippen LogP contribution in [-0.4, -0.2) is 18.2 Å². The lowest BCUT2D eigenvalue weighted by Crippen LogP contribution is -2.41. The van der Waals surface area contributed by atoms with E-state index in [1.807, 2.05) is 13.0 Å². The highest BCUT2D eigenvalue weighted by Gasteiger charge is 2.31. The summed E-state index contributed by atoms with van der Waals surface area (Å²) in [5.74, 6) is 0. The zero-order chi connectivity index (χ0) is 14.0. The van der Waals surface area contributed by atoms with Gasteiger partial charge in [-0.3, -0.25) is 0 Å². The van der Waals surface area contributed by atoms with Gasteiger partial charge in [0.05, 0.1) is 11.3 Å². The van der Waals surface area contributed by atoms with Crippen LogP contribution in [0.4, 0.5) is 5.69 Å². The number of hydrogen-bond donors (Lipinski definition) is 1. The van der Waals surface area contributed by atoms with Gasteiger partial charge in [0.15, 0.2) is 0 Å². The van der Waals surface area contributed by atoms with Crippen LogP contribution in [-0.2, 0) is 4.74 Å². The number of halogens is 2. The Hall–Kier alpha value is -0.250. The van der Waals surface area contributed by atoms with Crippen molar-refractivity contribution < 1.29 is 4.74 Å². The standard InChI is InChI=1S/C15H21BrClNO/c1-4-15(3)9-11(5-6-19-15)18-14-8-13(17)10(2)7-12(14)16/h7-8,11,18H,4-6,9H2,1-3H3. The van der Waals surface area contributed by atoms with E-state index in [1.165, 1.54) is 0 Å². The maximum Gasteiger partial charge on any atom is 0.0671 e. The first-order chi connectivity index (χ1) is 8.93. The normalized spacial score (nSPS) is 27.3. The van der Waals surface area contributed by atoms with Gasteiger partial charge in [-0.1, -0.05) is 18.5 Å². The van der Waals surface area contributed by atoms with Crippen LogP contribution in [0.15, 0.2) is 16.6 Å². The summed E-state index contributed by atoms with van der Waals surface area (Å²) in [6.07, 6.45) is 3.11. The molecule has 1 aliphatic rings. The first-order valence-corrected chi connectivity index (χ1v) is 7.97. The van der Waals surface area contributed by atoms with E-state index < -0.39 is 0 Å². The molecule has 1 saturated heterocycles.